The van der Waals surface area contributed by atoms with Crippen molar-refractivity contribution in [3.05, 3.63) is 101 Å². The molecule has 0 saturated heterocycles. The van der Waals surface area contributed by atoms with E-state index in [9.17, 15) is 14.7 Å². The Morgan fingerprint density at radius 1 is 1.00 bits per heavy atom. The number of carbonyl (C=O) groups excluding carboxylic acids is 2. The molecule has 3 N–H and O–H groups in total. The minimum Gasteiger partial charge on any atom is -0.457 e. The number of H-pyrrole nitrogens is 1. The highest BCUT2D eigenvalue weighted by Crippen LogP contribution is 2.26. The van der Waals surface area contributed by atoms with Crippen molar-refractivity contribution in [2.45, 2.75) is 39.2 Å². The van der Waals surface area contributed by atoms with Crippen LogP contribution >= 0.6 is 0 Å². The Labute approximate surface area is 216 Å². The number of amides is 1. The topological polar surface area (TPSA) is 104 Å². The molecule has 37 heavy (non-hydrogen) atoms. The number of benzene rings is 2. The fourth-order valence-electron chi connectivity index (χ4n) is 3.90. The van der Waals surface area contributed by atoms with Crippen molar-refractivity contribution in [1.82, 2.24) is 15.3 Å². The molecule has 2 aromatic heterocycles. The summed E-state index contributed by atoms with van der Waals surface area (Å²) in [6, 6.07) is 20.8. The van der Waals surface area contributed by atoms with Gasteiger partial charge in [-0.1, -0.05) is 48.9 Å². The Morgan fingerprint density at radius 3 is 2.54 bits per heavy atom. The number of aliphatic hydroxyl groups is 1. The molecule has 2 heterocycles. The first-order valence-corrected chi connectivity index (χ1v) is 12.3. The second-order valence-electron chi connectivity index (χ2n) is 9.08. The van der Waals surface area contributed by atoms with Gasteiger partial charge in [-0.2, -0.15) is 0 Å². The van der Waals surface area contributed by atoms with Crippen molar-refractivity contribution in [2.24, 2.45) is 0 Å². The number of nitrogens with one attached hydrogen (secondary N) is 2. The van der Waals surface area contributed by atoms with Crippen LogP contribution in [0.3, 0.4) is 0 Å². The standard InChI is InChI=1S/C30H31N3O4/c1-3-24(34)19-33-30(36)23-16-28(32-18-23)29-17-27(11-12-31-29)37-26-9-7-21(8-10-26)14-25(35)15-22-6-4-5-20(2)13-22/h4-13,16-18,24,32,34H,3,14-15,19H2,1-2H3,(H,33,36). The molecule has 4 aromatic rings. The van der Waals surface area contributed by atoms with Crippen molar-refractivity contribution < 1.29 is 19.4 Å². The molecule has 190 valence electrons. The van der Waals surface area contributed by atoms with Gasteiger partial charge in [0.25, 0.3) is 5.91 Å². The van der Waals surface area contributed by atoms with Crippen LogP contribution in [0.1, 0.15) is 40.4 Å². The number of pyridine rings is 1. The van der Waals surface area contributed by atoms with Crippen molar-refractivity contribution in [1.29, 1.82) is 0 Å². The van der Waals surface area contributed by atoms with E-state index in [1.165, 1.54) is 0 Å². The van der Waals surface area contributed by atoms with Gasteiger partial charge < -0.3 is 20.1 Å². The number of ketones is 1. The third-order valence-electron chi connectivity index (χ3n) is 5.97. The Kier molecular flexibility index (Phi) is 8.48. The van der Waals surface area contributed by atoms with Crippen LogP contribution in [-0.2, 0) is 17.6 Å². The van der Waals surface area contributed by atoms with E-state index in [4.69, 9.17) is 4.74 Å². The van der Waals surface area contributed by atoms with Crippen molar-refractivity contribution in [2.75, 3.05) is 6.54 Å². The average molecular weight is 498 g/mol. The average Bonchev–Trinajstić information content (AvgIpc) is 3.39. The highest BCUT2D eigenvalue weighted by atomic mass is 16.5. The number of nitrogens with zero attached hydrogens (tertiary/aromatic N) is 1. The zero-order valence-electron chi connectivity index (χ0n) is 21.0. The molecule has 7 nitrogen and oxygen atoms in total. The molecule has 0 aliphatic rings. The lowest BCUT2D eigenvalue weighted by atomic mass is 10.0. The zero-order valence-corrected chi connectivity index (χ0v) is 21.0. The number of rotatable bonds is 11. The first kappa shape index (κ1) is 25.9. The van der Waals surface area contributed by atoms with Crippen LogP contribution in [0.2, 0.25) is 0 Å². The van der Waals surface area contributed by atoms with Crippen LogP contribution in [0, 0.1) is 6.92 Å². The SMILES string of the molecule is CCC(O)CNC(=O)c1c[nH]c(-c2cc(Oc3ccc(CC(=O)Cc4cccc(C)c4)cc3)ccn2)c1. The Morgan fingerprint density at radius 2 is 1.78 bits per heavy atom. The predicted octanol–water partition coefficient (Wildman–Crippen LogP) is 5.03. The van der Waals surface area contributed by atoms with Crippen LogP contribution in [0.4, 0.5) is 0 Å². The molecule has 0 saturated carbocycles. The summed E-state index contributed by atoms with van der Waals surface area (Å²) in [7, 11) is 0. The lowest BCUT2D eigenvalue weighted by Gasteiger charge is -2.08. The van der Waals surface area contributed by atoms with E-state index in [0.717, 1.165) is 16.7 Å². The molecular weight excluding hydrogens is 466 g/mol. The van der Waals surface area contributed by atoms with Gasteiger partial charge in [-0.25, -0.2) is 0 Å². The first-order valence-electron chi connectivity index (χ1n) is 12.3. The number of aryl methyl sites for hydroxylation is 1. The van der Waals surface area contributed by atoms with E-state index < -0.39 is 6.10 Å². The van der Waals surface area contributed by atoms with E-state index in [0.29, 0.717) is 47.7 Å². The van der Waals surface area contributed by atoms with Crippen LogP contribution < -0.4 is 10.1 Å². The number of aromatic amines is 1. The maximum atomic E-state index is 12.5. The molecule has 0 spiro atoms. The lowest BCUT2D eigenvalue weighted by molar-refractivity contribution is -0.117. The first-order chi connectivity index (χ1) is 17.9. The van der Waals surface area contributed by atoms with Crippen LogP contribution in [0.15, 0.2) is 79.1 Å². The highest BCUT2D eigenvalue weighted by Gasteiger charge is 2.12. The predicted molar refractivity (Wildman–Crippen MR) is 143 cm³/mol. The Bertz CT molecular complexity index is 1360. The summed E-state index contributed by atoms with van der Waals surface area (Å²) in [6.07, 6.45) is 4.05. The van der Waals surface area contributed by atoms with Gasteiger partial charge in [-0.05, 0) is 48.7 Å². The Balaban J connectivity index is 1.35. The van der Waals surface area contributed by atoms with Gasteiger partial charge in [0, 0.05) is 37.8 Å². The summed E-state index contributed by atoms with van der Waals surface area (Å²) >= 11 is 0. The zero-order chi connectivity index (χ0) is 26.2. The highest BCUT2D eigenvalue weighted by molar-refractivity contribution is 5.95. The normalized spacial score (nSPS) is 11.6. The van der Waals surface area contributed by atoms with Crippen molar-refractivity contribution in [3.63, 3.8) is 0 Å². The summed E-state index contributed by atoms with van der Waals surface area (Å²) in [5, 5.41) is 12.4. The van der Waals surface area contributed by atoms with E-state index in [1.807, 2.05) is 62.4 Å². The molecule has 7 heteroatoms. The number of hydrogen-bond acceptors (Lipinski definition) is 5. The minimum atomic E-state index is -0.564. The maximum Gasteiger partial charge on any atom is 0.252 e. The molecule has 0 radical (unpaired) electrons. The number of carbonyl (C=O) groups is 2. The smallest absolute Gasteiger partial charge is 0.252 e. The summed E-state index contributed by atoms with van der Waals surface area (Å²) < 4.78 is 5.99. The summed E-state index contributed by atoms with van der Waals surface area (Å²) in [4.78, 5) is 32.2. The Hall–Kier alpha value is -4.23. The molecule has 0 fully saturated rings. The third-order valence-corrected chi connectivity index (χ3v) is 5.97. The monoisotopic (exact) mass is 497 g/mol. The molecule has 1 amide bonds. The van der Waals surface area contributed by atoms with Crippen LogP contribution in [-0.4, -0.2) is 39.4 Å². The minimum absolute atomic E-state index is 0.165. The number of hydrogen-bond donors (Lipinski definition) is 3. The van der Waals surface area contributed by atoms with Crippen LogP contribution in [0.25, 0.3) is 11.4 Å². The van der Waals surface area contributed by atoms with Gasteiger partial charge in [-0.15, -0.1) is 0 Å². The second-order valence-corrected chi connectivity index (χ2v) is 9.08. The quantitative estimate of drug-likeness (QED) is 0.270. The molecule has 0 bridgehead atoms. The van der Waals surface area contributed by atoms with Gasteiger partial charge in [0.15, 0.2) is 0 Å². The van der Waals surface area contributed by atoms with E-state index in [1.54, 1.807) is 30.6 Å². The van der Waals surface area contributed by atoms with E-state index in [2.05, 4.69) is 15.3 Å². The fourth-order valence-corrected chi connectivity index (χ4v) is 3.90. The molecule has 1 unspecified atom stereocenters. The molecular formula is C30H31N3O4. The van der Waals surface area contributed by atoms with Crippen molar-refractivity contribution >= 4 is 11.7 Å². The summed E-state index contributed by atoms with van der Waals surface area (Å²) in [6.45, 7) is 4.08. The van der Waals surface area contributed by atoms with Crippen molar-refractivity contribution in [3.8, 4) is 22.9 Å². The lowest BCUT2D eigenvalue weighted by Crippen LogP contribution is -2.31. The maximum absolute atomic E-state index is 12.5. The van der Waals surface area contributed by atoms with Crippen LogP contribution in [0.5, 0.6) is 11.5 Å². The number of Topliss-reactive ketones (excluding diaryl/α,β-unsaturated/α-hetero) is 1. The third kappa shape index (κ3) is 7.38. The fraction of sp³-hybridized carbons (Fsp3) is 0.233. The molecule has 4 rings (SSSR count). The molecule has 2 aromatic carbocycles. The molecule has 0 aliphatic carbocycles. The number of ether oxygens (including phenoxy) is 1. The number of aliphatic hydroxyl groups excluding tert-OH is 1. The number of aromatic nitrogens is 2. The van der Waals surface area contributed by atoms with Gasteiger partial charge in [0.2, 0.25) is 0 Å². The van der Waals surface area contributed by atoms with E-state index >= 15 is 0 Å². The van der Waals surface area contributed by atoms with Gasteiger partial charge in [-0.3, -0.25) is 14.6 Å². The van der Waals surface area contributed by atoms with Gasteiger partial charge in [0.05, 0.1) is 23.1 Å². The largest absolute Gasteiger partial charge is 0.457 e. The summed E-state index contributed by atoms with van der Waals surface area (Å²) in [5.74, 6) is 1.14. The summed E-state index contributed by atoms with van der Waals surface area (Å²) in [5.41, 5.74) is 4.88. The second kappa shape index (κ2) is 12.1. The molecule has 0 aliphatic heterocycles. The van der Waals surface area contributed by atoms with E-state index in [-0.39, 0.29) is 18.2 Å². The van der Waals surface area contributed by atoms with Gasteiger partial charge in [0.1, 0.15) is 17.3 Å². The molecule has 1 atom stereocenters. The van der Waals surface area contributed by atoms with Gasteiger partial charge >= 0.3 is 0 Å².